The highest BCUT2D eigenvalue weighted by Gasteiger charge is 2.26. The first-order valence-electron chi connectivity index (χ1n) is 8.28. The van der Waals surface area contributed by atoms with Gasteiger partial charge in [-0.15, -0.1) is 0 Å². The zero-order valence-corrected chi connectivity index (χ0v) is 16.6. The number of ketones is 1. The lowest BCUT2D eigenvalue weighted by Gasteiger charge is -2.26. The third-order valence-corrected chi connectivity index (χ3v) is 6.81. The van der Waals surface area contributed by atoms with Crippen LogP contribution in [0.4, 0.5) is 5.69 Å². The standard InChI is InChI=1S/C18H18Cl2N2O4S/c19-16-6-3-14(11-17(16)20)21-12-18(23)13-1-4-15(5-2-13)27(24,25)22-7-9-26-10-8-22/h1-6,11,21H,7-10,12H2. The summed E-state index contributed by atoms with van der Waals surface area (Å²) in [4.78, 5) is 12.5. The Labute approximate surface area is 168 Å². The molecule has 1 fully saturated rings. The molecule has 2 aromatic carbocycles. The SMILES string of the molecule is O=C(CNc1ccc(Cl)c(Cl)c1)c1ccc(S(=O)(=O)N2CCOCC2)cc1. The number of nitrogens with zero attached hydrogens (tertiary/aromatic N) is 1. The Morgan fingerprint density at radius 3 is 2.33 bits per heavy atom. The van der Waals surface area contributed by atoms with Crippen molar-refractivity contribution in [3.63, 3.8) is 0 Å². The molecule has 0 saturated carbocycles. The first-order valence-corrected chi connectivity index (χ1v) is 10.5. The van der Waals surface area contributed by atoms with Gasteiger partial charge in [0.25, 0.3) is 0 Å². The molecule has 1 saturated heterocycles. The van der Waals surface area contributed by atoms with E-state index in [-0.39, 0.29) is 17.2 Å². The molecule has 2 aromatic rings. The number of Topliss-reactive ketones (excluding diaryl/α,β-unsaturated/α-hetero) is 1. The summed E-state index contributed by atoms with van der Waals surface area (Å²) < 4.78 is 31.7. The van der Waals surface area contributed by atoms with Crippen molar-refractivity contribution in [1.29, 1.82) is 0 Å². The average molecular weight is 429 g/mol. The van der Waals surface area contributed by atoms with Crippen molar-refractivity contribution in [2.45, 2.75) is 4.90 Å². The molecule has 9 heteroatoms. The van der Waals surface area contributed by atoms with Crippen molar-refractivity contribution < 1.29 is 17.9 Å². The number of benzene rings is 2. The van der Waals surface area contributed by atoms with Gasteiger partial charge in [0.2, 0.25) is 10.0 Å². The van der Waals surface area contributed by atoms with Crippen LogP contribution in [0.15, 0.2) is 47.4 Å². The molecule has 1 N–H and O–H groups in total. The third-order valence-electron chi connectivity index (χ3n) is 4.16. The van der Waals surface area contributed by atoms with E-state index in [1.165, 1.54) is 28.6 Å². The number of carbonyl (C=O) groups excluding carboxylic acids is 1. The van der Waals surface area contributed by atoms with Crippen LogP contribution in [0.25, 0.3) is 0 Å². The summed E-state index contributed by atoms with van der Waals surface area (Å²) in [5.41, 5.74) is 1.09. The molecule has 27 heavy (non-hydrogen) atoms. The summed E-state index contributed by atoms with van der Waals surface area (Å²) >= 11 is 11.8. The molecule has 0 atom stereocenters. The molecule has 3 rings (SSSR count). The van der Waals surface area contributed by atoms with Crippen LogP contribution in [-0.2, 0) is 14.8 Å². The van der Waals surface area contributed by atoms with Crippen molar-refractivity contribution >= 4 is 44.7 Å². The Kier molecular flexibility index (Phi) is 6.39. The van der Waals surface area contributed by atoms with E-state index in [2.05, 4.69) is 5.32 Å². The van der Waals surface area contributed by atoms with E-state index in [4.69, 9.17) is 27.9 Å². The van der Waals surface area contributed by atoms with Gasteiger partial charge >= 0.3 is 0 Å². The average Bonchev–Trinajstić information content (AvgIpc) is 2.69. The number of morpholine rings is 1. The fourth-order valence-corrected chi connectivity index (χ4v) is 4.35. The normalized spacial score (nSPS) is 15.5. The van der Waals surface area contributed by atoms with Gasteiger partial charge in [0.15, 0.2) is 5.78 Å². The number of nitrogens with one attached hydrogen (secondary N) is 1. The number of hydrogen-bond donors (Lipinski definition) is 1. The van der Waals surface area contributed by atoms with Gasteiger partial charge in [0.1, 0.15) is 0 Å². The van der Waals surface area contributed by atoms with Crippen molar-refractivity contribution in [2.24, 2.45) is 0 Å². The predicted molar refractivity (Wildman–Crippen MR) is 105 cm³/mol. The highest BCUT2D eigenvalue weighted by molar-refractivity contribution is 7.89. The molecule has 0 spiro atoms. The van der Waals surface area contributed by atoms with Gasteiger partial charge in [-0.05, 0) is 42.5 Å². The van der Waals surface area contributed by atoms with Crippen LogP contribution in [0.3, 0.4) is 0 Å². The molecule has 1 aliphatic rings. The van der Waals surface area contributed by atoms with Crippen LogP contribution in [0.1, 0.15) is 10.4 Å². The number of rotatable bonds is 6. The Morgan fingerprint density at radius 1 is 1.04 bits per heavy atom. The molecule has 0 aliphatic carbocycles. The van der Waals surface area contributed by atoms with E-state index < -0.39 is 10.0 Å². The number of hydrogen-bond acceptors (Lipinski definition) is 5. The third kappa shape index (κ3) is 4.80. The van der Waals surface area contributed by atoms with Gasteiger partial charge in [-0.1, -0.05) is 23.2 Å². The fraction of sp³-hybridized carbons (Fsp3) is 0.278. The fourth-order valence-electron chi connectivity index (χ4n) is 2.64. The molecule has 1 aliphatic heterocycles. The molecule has 144 valence electrons. The molecular formula is C18H18Cl2N2O4S. The summed E-state index contributed by atoms with van der Waals surface area (Å²) in [6.07, 6.45) is 0. The maximum absolute atomic E-state index is 12.6. The Bertz CT molecular complexity index is 927. The second kappa shape index (κ2) is 8.58. The zero-order chi connectivity index (χ0) is 19.4. The van der Waals surface area contributed by atoms with Gasteiger partial charge in [-0.25, -0.2) is 8.42 Å². The summed E-state index contributed by atoms with van der Waals surface area (Å²) in [5, 5.41) is 3.81. The number of ether oxygens (including phenoxy) is 1. The van der Waals surface area contributed by atoms with Crippen molar-refractivity contribution in [3.8, 4) is 0 Å². The van der Waals surface area contributed by atoms with Gasteiger partial charge in [-0.2, -0.15) is 4.31 Å². The van der Waals surface area contributed by atoms with Crippen LogP contribution in [0.5, 0.6) is 0 Å². The highest BCUT2D eigenvalue weighted by atomic mass is 35.5. The van der Waals surface area contributed by atoms with Crippen LogP contribution < -0.4 is 5.32 Å². The number of anilines is 1. The predicted octanol–water partition coefficient (Wildman–Crippen LogP) is 3.31. The molecule has 1 heterocycles. The molecule has 0 radical (unpaired) electrons. The van der Waals surface area contributed by atoms with E-state index >= 15 is 0 Å². The van der Waals surface area contributed by atoms with E-state index in [0.717, 1.165) is 0 Å². The molecule has 0 bridgehead atoms. The van der Waals surface area contributed by atoms with Crippen LogP contribution in [0.2, 0.25) is 10.0 Å². The monoisotopic (exact) mass is 428 g/mol. The highest BCUT2D eigenvalue weighted by Crippen LogP contribution is 2.25. The molecule has 6 nitrogen and oxygen atoms in total. The van der Waals surface area contributed by atoms with Crippen LogP contribution >= 0.6 is 23.2 Å². The lowest BCUT2D eigenvalue weighted by Crippen LogP contribution is -2.40. The van der Waals surface area contributed by atoms with Gasteiger partial charge in [0.05, 0.1) is 34.7 Å². The van der Waals surface area contributed by atoms with Gasteiger partial charge in [0, 0.05) is 24.3 Å². The minimum absolute atomic E-state index is 0.0491. The Morgan fingerprint density at radius 2 is 1.70 bits per heavy atom. The van der Waals surface area contributed by atoms with E-state index in [9.17, 15) is 13.2 Å². The molecule has 0 unspecified atom stereocenters. The van der Waals surface area contributed by atoms with Crippen molar-refractivity contribution in [3.05, 3.63) is 58.1 Å². The largest absolute Gasteiger partial charge is 0.379 e. The first-order chi connectivity index (χ1) is 12.9. The molecular weight excluding hydrogens is 411 g/mol. The summed E-state index contributed by atoms with van der Waals surface area (Å²) in [6, 6.07) is 10.9. The number of halogens is 2. The van der Waals surface area contributed by atoms with Crippen LogP contribution in [0, 0.1) is 0 Å². The Balaban J connectivity index is 1.65. The quantitative estimate of drug-likeness (QED) is 0.714. The molecule has 0 aromatic heterocycles. The number of carbonyl (C=O) groups is 1. The second-order valence-corrected chi connectivity index (χ2v) is 8.70. The summed E-state index contributed by atoms with van der Waals surface area (Å²) in [7, 11) is -3.57. The summed E-state index contributed by atoms with van der Waals surface area (Å²) in [5.74, 6) is -0.170. The topological polar surface area (TPSA) is 75.7 Å². The van der Waals surface area contributed by atoms with Gasteiger partial charge < -0.3 is 10.1 Å². The van der Waals surface area contributed by atoms with E-state index in [0.29, 0.717) is 47.6 Å². The molecule has 0 amide bonds. The lowest BCUT2D eigenvalue weighted by atomic mass is 10.1. The zero-order valence-electron chi connectivity index (χ0n) is 14.3. The van der Waals surface area contributed by atoms with Crippen LogP contribution in [-0.4, -0.2) is 51.4 Å². The number of sulfonamides is 1. The van der Waals surface area contributed by atoms with Gasteiger partial charge in [-0.3, -0.25) is 4.79 Å². The Hall–Kier alpha value is -1.64. The maximum atomic E-state index is 12.6. The first kappa shape index (κ1) is 20.1. The smallest absolute Gasteiger partial charge is 0.243 e. The van der Waals surface area contributed by atoms with Crippen molar-refractivity contribution in [2.75, 3.05) is 38.2 Å². The summed E-state index contributed by atoms with van der Waals surface area (Å²) in [6.45, 7) is 1.48. The lowest BCUT2D eigenvalue weighted by molar-refractivity contribution is 0.0730. The maximum Gasteiger partial charge on any atom is 0.243 e. The van der Waals surface area contributed by atoms with E-state index in [1.54, 1.807) is 18.2 Å². The second-order valence-electron chi connectivity index (χ2n) is 5.95. The van der Waals surface area contributed by atoms with E-state index in [1.807, 2.05) is 0 Å². The minimum Gasteiger partial charge on any atom is -0.379 e. The minimum atomic E-state index is -3.57. The van der Waals surface area contributed by atoms with Crippen molar-refractivity contribution in [1.82, 2.24) is 4.31 Å².